The molecule has 0 unspecified atom stereocenters. The van der Waals surface area contributed by atoms with Gasteiger partial charge < -0.3 is 9.64 Å². The number of hydrogen-bond donors (Lipinski definition) is 0. The van der Waals surface area contributed by atoms with E-state index in [0.29, 0.717) is 58.4 Å². The zero-order valence-corrected chi connectivity index (χ0v) is 19.3. The van der Waals surface area contributed by atoms with Gasteiger partial charge in [0.05, 0.1) is 39.4 Å². The summed E-state index contributed by atoms with van der Waals surface area (Å²) in [7, 11) is 0. The van der Waals surface area contributed by atoms with Crippen LogP contribution >= 0.6 is 23.2 Å². The predicted molar refractivity (Wildman–Crippen MR) is 123 cm³/mol. The minimum Gasteiger partial charge on any atom is -0.484 e. The van der Waals surface area contributed by atoms with Gasteiger partial charge in [0, 0.05) is 36.5 Å². The SMILES string of the molecule is Cc1nc2ccc(C(=O)N3CCC4(CC3)CC(=O)c3cc(Cl)cc(Cl)c3O4)cc2nc1C. The number of aryl methyl sites for hydroxylation is 2. The van der Waals surface area contributed by atoms with Crippen LogP contribution in [-0.4, -0.2) is 45.2 Å². The third kappa shape index (κ3) is 3.61. The number of nitrogens with zero attached hydrogens (tertiary/aromatic N) is 3. The molecule has 1 fully saturated rings. The van der Waals surface area contributed by atoms with Crippen LogP contribution in [0.3, 0.4) is 0 Å². The van der Waals surface area contributed by atoms with Crippen LogP contribution in [0.1, 0.15) is 51.4 Å². The number of carbonyl (C=O) groups is 2. The second-order valence-electron chi connectivity index (χ2n) is 8.54. The second-order valence-corrected chi connectivity index (χ2v) is 9.38. The van der Waals surface area contributed by atoms with Crippen molar-refractivity contribution in [2.75, 3.05) is 13.1 Å². The van der Waals surface area contributed by atoms with Crippen molar-refractivity contribution in [2.45, 2.75) is 38.7 Å². The van der Waals surface area contributed by atoms with Crippen molar-refractivity contribution >= 4 is 45.9 Å². The third-order valence-corrected chi connectivity index (χ3v) is 6.89. The first-order valence-corrected chi connectivity index (χ1v) is 11.3. The molecular formula is C24H21Cl2N3O3. The van der Waals surface area contributed by atoms with Gasteiger partial charge in [-0.05, 0) is 44.2 Å². The van der Waals surface area contributed by atoms with E-state index in [0.717, 1.165) is 16.9 Å². The maximum atomic E-state index is 13.2. The molecule has 3 aromatic rings. The highest BCUT2D eigenvalue weighted by molar-refractivity contribution is 6.36. The molecule has 1 amide bonds. The first-order chi connectivity index (χ1) is 15.2. The normalized spacial score (nSPS) is 17.4. The zero-order valence-electron chi connectivity index (χ0n) is 17.7. The number of hydrogen-bond acceptors (Lipinski definition) is 5. The molecule has 0 radical (unpaired) electrons. The summed E-state index contributed by atoms with van der Waals surface area (Å²) in [6.45, 7) is 4.80. The molecule has 0 aliphatic carbocycles. The molecule has 2 aliphatic heterocycles. The Morgan fingerprint density at radius 3 is 2.44 bits per heavy atom. The number of ether oxygens (including phenoxy) is 1. The Labute approximate surface area is 195 Å². The molecule has 0 bridgehead atoms. The number of rotatable bonds is 1. The minimum atomic E-state index is -0.651. The first-order valence-electron chi connectivity index (χ1n) is 10.5. The summed E-state index contributed by atoms with van der Waals surface area (Å²) in [6, 6.07) is 8.60. The van der Waals surface area contributed by atoms with Crippen LogP contribution in [0.5, 0.6) is 5.75 Å². The number of likely N-dealkylation sites (tertiary alicyclic amines) is 1. The Hall–Kier alpha value is -2.70. The van der Waals surface area contributed by atoms with Crippen molar-refractivity contribution < 1.29 is 14.3 Å². The second kappa shape index (κ2) is 7.71. The van der Waals surface area contributed by atoms with Crippen LogP contribution in [0.25, 0.3) is 11.0 Å². The van der Waals surface area contributed by atoms with Gasteiger partial charge in [-0.2, -0.15) is 0 Å². The van der Waals surface area contributed by atoms with Crippen LogP contribution < -0.4 is 4.74 Å². The molecule has 1 saturated heterocycles. The summed E-state index contributed by atoms with van der Waals surface area (Å²) in [5.74, 6) is 0.300. The number of Topliss-reactive ketones (excluding diaryl/α,β-unsaturated/α-hetero) is 1. The lowest BCUT2D eigenvalue weighted by atomic mass is 9.82. The fourth-order valence-corrected chi connectivity index (χ4v) is 4.99. The Morgan fingerprint density at radius 1 is 1.03 bits per heavy atom. The van der Waals surface area contributed by atoms with E-state index < -0.39 is 5.60 Å². The Balaban J connectivity index is 1.34. The monoisotopic (exact) mass is 469 g/mol. The molecule has 32 heavy (non-hydrogen) atoms. The fraction of sp³-hybridized carbons (Fsp3) is 0.333. The van der Waals surface area contributed by atoms with Crippen molar-refractivity contribution in [1.82, 2.24) is 14.9 Å². The van der Waals surface area contributed by atoms with E-state index in [1.54, 1.807) is 29.2 Å². The number of ketones is 1. The van der Waals surface area contributed by atoms with Crippen molar-refractivity contribution in [3.8, 4) is 5.75 Å². The van der Waals surface area contributed by atoms with E-state index in [-0.39, 0.29) is 18.1 Å². The van der Waals surface area contributed by atoms with E-state index >= 15 is 0 Å². The molecule has 164 valence electrons. The lowest BCUT2D eigenvalue weighted by molar-refractivity contribution is -0.00564. The Morgan fingerprint density at radius 2 is 1.72 bits per heavy atom. The summed E-state index contributed by atoms with van der Waals surface area (Å²) in [4.78, 5) is 36.8. The molecule has 0 atom stereocenters. The molecule has 8 heteroatoms. The van der Waals surface area contributed by atoms with E-state index in [1.807, 2.05) is 19.9 Å². The summed E-state index contributed by atoms with van der Waals surface area (Å²) in [5, 5.41) is 0.744. The van der Waals surface area contributed by atoms with E-state index in [4.69, 9.17) is 27.9 Å². The molecule has 2 aliphatic rings. The molecule has 6 nitrogen and oxygen atoms in total. The standard InChI is InChI=1S/C24H21Cl2N3O3/c1-13-14(2)28-20-9-15(3-4-19(20)27-13)23(31)29-7-5-24(6-8-29)12-21(30)17-10-16(25)11-18(26)22(17)32-24/h3-4,9-11H,5-8,12H2,1-2H3. The smallest absolute Gasteiger partial charge is 0.253 e. The van der Waals surface area contributed by atoms with Gasteiger partial charge in [-0.25, -0.2) is 9.97 Å². The molecule has 1 spiro atoms. The fourth-order valence-electron chi connectivity index (χ4n) is 4.45. The van der Waals surface area contributed by atoms with Crippen LogP contribution in [0.4, 0.5) is 0 Å². The van der Waals surface area contributed by atoms with Gasteiger partial charge in [0.1, 0.15) is 11.4 Å². The number of piperidine rings is 1. The predicted octanol–water partition coefficient (Wildman–Crippen LogP) is 5.19. The van der Waals surface area contributed by atoms with Crippen molar-refractivity contribution in [3.05, 3.63) is 62.9 Å². The van der Waals surface area contributed by atoms with Crippen LogP contribution in [-0.2, 0) is 0 Å². The quantitative estimate of drug-likeness (QED) is 0.489. The number of amides is 1. The average molecular weight is 470 g/mol. The molecule has 2 aromatic carbocycles. The largest absolute Gasteiger partial charge is 0.484 e. The Kier molecular flexibility index (Phi) is 5.10. The van der Waals surface area contributed by atoms with E-state index in [1.165, 1.54) is 0 Å². The molecule has 0 saturated carbocycles. The van der Waals surface area contributed by atoms with Gasteiger partial charge in [0.2, 0.25) is 0 Å². The molecule has 1 aromatic heterocycles. The van der Waals surface area contributed by atoms with E-state index in [9.17, 15) is 9.59 Å². The van der Waals surface area contributed by atoms with Crippen LogP contribution in [0, 0.1) is 13.8 Å². The van der Waals surface area contributed by atoms with Gasteiger partial charge in [-0.3, -0.25) is 9.59 Å². The van der Waals surface area contributed by atoms with Gasteiger partial charge in [0.15, 0.2) is 5.78 Å². The van der Waals surface area contributed by atoms with Gasteiger partial charge >= 0.3 is 0 Å². The van der Waals surface area contributed by atoms with Gasteiger partial charge in [-0.1, -0.05) is 23.2 Å². The lowest BCUT2D eigenvalue weighted by Crippen LogP contribution is -2.52. The summed E-state index contributed by atoms with van der Waals surface area (Å²) >= 11 is 12.4. The topological polar surface area (TPSA) is 72.4 Å². The molecular weight excluding hydrogens is 449 g/mol. The van der Waals surface area contributed by atoms with Gasteiger partial charge in [-0.15, -0.1) is 0 Å². The number of carbonyl (C=O) groups excluding carboxylic acids is 2. The van der Waals surface area contributed by atoms with Crippen LogP contribution in [0.15, 0.2) is 30.3 Å². The molecule has 3 heterocycles. The minimum absolute atomic E-state index is 0.0332. The van der Waals surface area contributed by atoms with Crippen molar-refractivity contribution in [1.29, 1.82) is 0 Å². The van der Waals surface area contributed by atoms with E-state index in [2.05, 4.69) is 9.97 Å². The van der Waals surface area contributed by atoms with Gasteiger partial charge in [0.25, 0.3) is 5.91 Å². The van der Waals surface area contributed by atoms with Crippen molar-refractivity contribution in [2.24, 2.45) is 0 Å². The number of halogens is 2. The maximum Gasteiger partial charge on any atom is 0.253 e. The highest BCUT2D eigenvalue weighted by Gasteiger charge is 2.44. The Bertz CT molecular complexity index is 1280. The summed E-state index contributed by atoms with van der Waals surface area (Å²) in [5.41, 5.74) is 3.56. The number of benzene rings is 2. The third-order valence-electron chi connectivity index (χ3n) is 6.39. The lowest BCUT2D eigenvalue weighted by Gasteiger charge is -2.44. The zero-order chi connectivity index (χ0) is 22.6. The summed E-state index contributed by atoms with van der Waals surface area (Å²) in [6.07, 6.45) is 1.35. The molecule has 0 N–H and O–H groups in total. The maximum absolute atomic E-state index is 13.2. The first kappa shape index (κ1) is 21.2. The van der Waals surface area contributed by atoms with Crippen molar-refractivity contribution in [3.63, 3.8) is 0 Å². The number of aromatic nitrogens is 2. The highest BCUT2D eigenvalue weighted by atomic mass is 35.5. The van der Waals surface area contributed by atoms with Crippen LogP contribution in [0.2, 0.25) is 10.0 Å². The summed E-state index contributed by atoms with van der Waals surface area (Å²) < 4.78 is 6.26. The highest BCUT2D eigenvalue weighted by Crippen LogP contribution is 2.44. The average Bonchev–Trinajstić information content (AvgIpc) is 2.75. The number of fused-ring (bicyclic) bond motifs is 2. The molecule has 5 rings (SSSR count).